The molecule has 1 saturated carbocycles. The van der Waals surface area contributed by atoms with Crippen molar-refractivity contribution >= 4 is 11.6 Å². The third kappa shape index (κ3) is 4.62. The molecule has 1 aliphatic carbocycles. The molecule has 1 N–H and O–H groups in total. The zero-order valence-electron chi connectivity index (χ0n) is 13.4. The first-order valence-electron chi connectivity index (χ1n) is 8.22. The van der Waals surface area contributed by atoms with Crippen LogP contribution in [0.5, 0.6) is 5.75 Å². The molecule has 2 rings (SSSR count). The highest BCUT2D eigenvalue weighted by molar-refractivity contribution is 6.32. The fourth-order valence-electron chi connectivity index (χ4n) is 3.56. The maximum absolute atomic E-state index is 6.23. The maximum atomic E-state index is 6.23. The van der Waals surface area contributed by atoms with Gasteiger partial charge in [0, 0.05) is 0 Å². The first-order chi connectivity index (χ1) is 10.2. The molecular weight excluding hydrogens is 282 g/mol. The average Bonchev–Trinajstić information content (AvgIpc) is 2.95. The molecule has 0 aliphatic heterocycles. The molecule has 1 fully saturated rings. The molecule has 1 aliphatic rings. The Morgan fingerprint density at radius 1 is 1.24 bits per heavy atom. The van der Waals surface area contributed by atoms with Crippen molar-refractivity contribution in [2.75, 3.05) is 20.2 Å². The molecule has 0 radical (unpaired) electrons. The standard InChI is InChI=1S/C18H28ClNO/c1-3-20-13-12-18(9-4-5-10-18)11-8-15-6-7-17(21-2)16(19)14-15/h6-7,14,20H,3-5,8-13H2,1-2H3. The van der Waals surface area contributed by atoms with E-state index in [-0.39, 0.29) is 0 Å². The molecule has 3 heteroatoms. The van der Waals surface area contributed by atoms with Gasteiger partial charge in [-0.3, -0.25) is 0 Å². The van der Waals surface area contributed by atoms with Crippen molar-refractivity contribution in [2.45, 2.75) is 51.9 Å². The summed E-state index contributed by atoms with van der Waals surface area (Å²) in [4.78, 5) is 0. The number of nitrogens with one attached hydrogen (secondary N) is 1. The Labute approximate surface area is 134 Å². The second-order valence-corrected chi connectivity index (χ2v) is 6.69. The number of hydrogen-bond acceptors (Lipinski definition) is 2. The predicted molar refractivity (Wildman–Crippen MR) is 90.4 cm³/mol. The lowest BCUT2D eigenvalue weighted by Crippen LogP contribution is -2.25. The van der Waals surface area contributed by atoms with E-state index < -0.39 is 0 Å². The summed E-state index contributed by atoms with van der Waals surface area (Å²) in [5.74, 6) is 0.767. The quantitative estimate of drug-likeness (QED) is 0.694. The Morgan fingerprint density at radius 2 is 2.00 bits per heavy atom. The molecule has 1 aromatic rings. The van der Waals surface area contributed by atoms with Gasteiger partial charge in [-0.2, -0.15) is 0 Å². The second-order valence-electron chi connectivity index (χ2n) is 6.28. The number of ether oxygens (including phenoxy) is 1. The van der Waals surface area contributed by atoms with Crippen molar-refractivity contribution in [3.8, 4) is 5.75 Å². The van der Waals surface area contributed by atoms with Crippen molar-refractivity contribution in [2.24, 2.45) is 5.41 Å². The topological polar surface area (TPSA) is 21.3 Å². The van der Waals surface area contributed by atoms with E-state index in [0.717, 1.165) is 30.3 Å². The number of methoxy groups -OCH3 is 1. The van der Waals surface area contributed by atoms with Crippen molar-refractivity contribution < 1.29 is 4.74 Å². The average molecular weight is 310 g/mol. The van der Waals surface area contributed by atoms with Gasteiger partial charge in [0.25, 0.3) is 0 Å². The van der Waals surface area contributed by atoms with Crippen LogP contribution in [0.3, 0.4) is 0 Å². The van der Waals surface area contributed by atoms with Crippen LogP contribution in [-0.2, 0) is 6.42 Å². The van der Waals surface area contributed by atoms with E-state index in [1.165, 1.54) is 44.1 Å². The van der Waals surface area contributed by atoms with Crippen LogP contribution < -0.4 is 10.1 Å². The van der Waals surface area contributed by atoms with Crippen LogP contribution in [0.4, 0.5) is 0 Å². The van der Waals surface area contributed by atoms with Crippen LogP contribution in [0, 0.1) is 5.41 Å². The monoisotopic (exact) mass is 309 g/mol. The van der Waals surface area contributed by atoms with E-state index in [9.17, 15) is 0 Å². The minimum absolute atomic E-state index is 0.550. The van der Waals surface area contributed by atoms with Gasteiger partial charge in [0.15, 0.2) is 0 Å². The molecule has 21 heavy (non-hydrogen) atoms. The van der Waals surface area contributed by atoms with Crippen molar-refractivity contribution in [3.63, 3.8) is 0 Å². The molecular formula is C18H28ClNO. The van der Waals surface area contributed by atoms with Crippen LogP contribution in [0.1, 0.15) is 51.0 Å². The minimum Gasteiger partial charge on any atom is -0.495 e. The largest absolute Gasteiger partial charge is 0.495 e. The van der Waals surface area contributed by atoms with Gasteiger partial charge < -0.3 is 10.1 Å². The number of benzene rings is 1. The molecule has 2 nitrogen and oxygen atoms in total. The minimum atomic E-state index is 0.550. The fraction of sp³-hybridized carbons (Fsp3) is 0.667. The summed E-state index contributed by atoms with van der Waals surface area (Å²) in [6.07, 6.45) is 9.29. The van der Waals surface area contributed by atoms with E-state index in [2.05, 4.69) is 24.4 Å². The number of hydrogen-bond donors (Lipinski definition) is 1. The van der Waals surface area contributed by atoms with Gasteiger partial charge in [-0.15, -0.1) is 0 Å². The van der Waals surface area contributed by atoms with E-state index in [0.29, 0.717) is 5.41 Å². The Balaban J connectivity index is 1.93. The molecule has 0 unspecified atom stereocenters. The Kier molecular flexibility index (Phi) is 6.38. The van der Waals surface area contributed by atoms with Crippen LogP contribution in [-0.4, -0.2) is 20.2 Å². The van der Waals surface area contributed by atoms with Gasteiger partial charge in [-0.1, -0.05) is 37.4 Å². The van der Waals surface area contributed by atoms with Gasteiger partial charge in [0.1, 0.15) is 5.75 Å². The van der Waals surface area contributed by atoms with Crippen molar-refractivity contribution in [1.29, 1.82) is 0 Å². The van der Waals surface area contributed by atoms with E-state index in [4.69, 9.17) is 16.3 Å². The summed E-state index contributed by atoms with van der Waals surface area (Å²) in [6.45, 7) is 4.41. The lowest BCUT2D eigenvalue weighted by atomic mass is 9.77. The lowest BCUT2D eigenvalue weighted by molar-refractivity contribution is 0.246. The molecule has 0 saturated heterocycles. The summed E-state index contributed by atoms with van der Waals surface area (Å²) in [7, 11) is 1.66. The first kappa shape index (κ1) is 16.6. The molecule has 118 valence electrons. The summed E-state index contributed by atoms with van der Waals surface area (Å²) in [5, 5.41) is 4.21. The van der Waals surface area contributed by atoms with Crippen molar-refractivity contribution in [1.82, 2.24) is 5.32 Å². The molecule has 0 atom stereocenters. The SMILES string of the molecule is CCNCCC1(CCc2ccc(OC)c(Cl)c2)CCCC1. The zero-order chi connectivity index (χ0) is 15.1. The van der Waals surface area contributed by atoms with Gasteiger partial charge in [-0.05, 0) is 68.3 Å². The normalized spacial score (nSPS) is 17.1. The van der Waals surface area contributed by atoms with Gasteiger partial charge in [0.05, 0.1) is 12.1 Å². The summed E-state index contributed by atoms with van der Waals surface area (Å²) < 4.78 is 5.22. The highest BCUT2D eigenvalue weighted by atomic mass is 35.5. The predicted octanol–water partition coefficient (Wildman–Crippen LogP) is 4.84. The third-order valence-electron chi connectivity index (χ3n) is 4.91. The molecule has 0 bridgehead atoms. The van der Waals surface area contributed by atoms with Crippen LogP contribution in [0.2, 0.25) is 5.02 Å². The van der Waals surface area contributed by atoms with Crippen molar-refractivity contribution in [3.05, 3.63) is 28.8 Å². The second kappa shape index (κ2) is 8.05. The van der Waals surface area contributed by atoms with Gasteiger partial charge in [-0.25, -0.2) is 0 Å². The Bertz CT molecular complexity index is 441. The number of aryl methyl sites for hydroxylation is 1. The molecule has 0 amide bonds. The lowest BCUT2D eigenvalue weighted by Gasteiger charge is -2.29. The number of halogens is 1. The molecule has 0 spiro atoms. The summed E-state index contributed by atoms with van der Waals surface area (Å²) in [5.41, 5.74) is 1.88. The maximum Gasteiger partial charge on any atom is 0.137 e. The molecule has 0 heterocycles. The summed E-state index contributed by atoms with van der Waals surface area (Å²) in [6, 6.07) is 6.20. The van der Waals surface area contributed by atoms with E-state index in [1.54, 1.807) is 7.11 Å². The number of rotatable bonds is 8. The van der Waals surface area contributed by atoms with Gasteiger partial charge in [0.2, 0.25) is 0 Å². The highest BCUT2D eigenvalue weighted by Crippen LogP contribution is 2.44. The molecule has 0 aromatic heterocycles. The third-order valence-corrected chi connectivity index (χ3v) is 5.20. The van der Waals surface area contributed by atoms with E-state index in [1.807, 2.05) is 6.07 Å². The smallest absolute Gasteiger partial charge is 0.137 e. The zero-order valence-corrected chi connectivity index (χ0v) is 14.1. The highest BCUT2D eigenvalue weighted by Gasteiger charge is 2.32. The van der Waals surface area contributed by atoms with Crippen LogP contribution in [0.25, 0.3) is 0 Å². The first-order valence-corrected chi connectivity index (χ1v) is 8.60. The Hall–Kier alpha value is -0.730. The summed E-state index contributed by atoms with van der Waals surface area (Å²) >= 11 is 6.23. The van der Waals surface area contributed by atoms with Crippen LogP contribution in [0.15, 0.2) is 18.2 Å². The molecule has 1 aromatic carbocycles. The van der Waals surface area contributed by atoms with Gasteiger partial charge >= 0.3 is 0 Å². The van der Waals surface area contributed by atoms with Crippen LogP contribution >= 0.6 is 11.6 Å². The Morgan fingerprint density at radius 3 is 2.62 bits per heavy atom. The fourth-order valence-corrected chi connectivity index (χ4v) is 3.84. The van der Waals surface area contributed by atoms with E-state index >= 15 is 0 Å².